The highest BCUT2D eigenvalue weighted by molar-refractivity contribution is 7.91. The Morgan fingerprint density at radius 1 is 1.18 bits per heavy atom. The van der Waals surface area contributed by atoms with Crippen LogP contribution in [0, 0.1) is 0 Å². The van der Waals surface area contributed by atoms with Crippen molar-refractivity contribution in [3.63, 3.8) is 0 Å². The van der Waals surface area contributed by atoms with Crippen LogP contribution >= 0.6 is 0 Å². The van der Waals surface area contributed by atoms with Gasteiger partial charge in [-0.25, -0.2) is 13.2 Å². The molecule has 22 heavy (non-hydrogen) atoms. The molecule has 0 bridgehead atoms. The summed E-state index contributed by atoms with van der Waals surface area (Å²) in [6.45, 7) is 0.938. The predicted molar refractivity (Wildman–Crippen MR) is 82.3 cm³/mol. The van der Waals surface area contributed by atoms with Crippen molar-refractivity contribution in [3.05, 3.63) is 17.0 Å². The number of aromatic nitrogens is 2. The van der Waals surface area contributed by atoms with Crippen molar-refractivity contribution in [3.8, 4) is 0 Å². The number of H-pyrrole nitrogens is 1. The van der Waals surface area contributed by atoms with Gasteiger partial charge in [-0.05, 0) is 31.2 Å². The quantitative estimate of drug-likeness (QED) is 0.779. The van der Waals surface area contributed by atoms with Crippen molar-refractivity contribution in [2.24, 2.45) is 0 Å². The first-order valence-electron chi connectivity index (χ1n) is 7.83. The molecule has 3 rings (SSSR count). The molecule has 0 radical (unpaired) electrons. The van der Waals surface area contributed by atoms with Crippen LogP contribution in [0.3, 0.4) is 0 Å². The molecule has 1 aliphatic heterocycles. The van der Waals surface area contributed by atoms with Gasteiger partial charge in [-0.15, -0.1) is 0 Å². The summed E-state index contributed by atoms with van der Waals surface area (Å²) in [5.41, 5.74) is 3.36. The van der Waals surface area contributed by atoms with Crippen LogP contribution in [0.4, 0.5) is 4.79 Å². The summed E-state index contributed by atoms with van der Waals surface area (Å²) in [4.78, 5) is 13.7. The van der Waals surface area contributed by atoms with E-state index in [2.05, 4.69) is 15.5 Å². The van der Waals surface area contributed by atoms with Crippen LogP contribution in [0.1, 0.15) is 36.2 Å². The van der Waals surface area contributed by atoms with Gasteiger partial charge >= 0.3 is 6.03 Å². The van der Waals surface area contributed by atoms with Crippen LogP contribution in [0.15, 0.2) is 0 Å². The van der Waals surface area contributed by atoms with Gasteiger partial charge in [0.15, 0.2) is 9.84 Å². The Kier molecular flexibility index (Phi) is 4.37. The first kappa shape index (κ1) is 15.3. The molecule has 1 fully saturated rings. The Bertz CT molecular complexity index is 639. The Morgan fingerprint density at radius 3 is 2.68 bits per heavy atom. The van der Waals surface area contributed by atoms with Crippen LogP contribution in [-0.2, 0) is 29.2 Å². The van der Waals surface area contributed by atoms with Crippen molar-refractivity contribution in [2.75, 3.05) is 24.6 Å². The molecule has 7 nitrogen and oxygen atoms in total. The number of hydrogen-bond donors (Lipinski definition) is 2. The van der Waals surface area contributed by atoms with E-state index in [4.69, 9.17) is 0 Å². The summed E-state index contributed by atoms with van der Waals surface area (Å²) in [5, 5.41) is 10.3. The van der Waals surface area contributed by atoms with Crippen molar-refractivity contribution < 1.29 is 13.2 Å². The molecular formula is C14H22N4O3S. The maximum atomic E-state index is 12.1. The third-order valence-corrected chi connectivity index (χ3v) is 6.04. The van der Waals surface area contributed by atoms with E-state index in [1.54, 1.807) is 4.90 Å². The van der Waals surface area contributed by atoms with E-state index in [1.165, 1.54) is 24.1 Å². The maximum Gasteiger partial charge on any atom is 0.317 e. The number of carbonyl (C=O) groups is 1. The zero-order valence-corrected chi connectivity index (χ0v) is 13.4. The molecule has 0 unspecified atom stereocenters. The second-order valence-corrected chi connectivity index (χ2v) is 8.29. The molecule has 2 amide bonds. The van der Waals surface area contributed by atoms with Crippen molar-refractivity contribution in [2.45, 2.75) is 38.6 Å². The topological polar surface area (TPSA) is 95.2 Å². The third-order valence-electron chi connectivity index (χ3n) is 4.43. The summed E-state index contributed by atoms with van der Waals surface area (Å²) in [7, 11) is -2.96. The van der Waals surface area contributed by atoms with E-state index in [0.29, 0.717) is 6.54 Å². The molecule has 1 aromatic heterocycles. The highest BCUT2D eigenvalue weighted by Gasteiger charge is 2.25. The fraction of sp³-hybridized carbons (Fsp3) is 0.714. The lowest BCUT2D eigenvalue weighted by Crippen LogP contribution is -2.48. The molecule has 0 spiro atoms. The van der Waals surface area contributed by atoms with Crippen molar-refractivity contribution >= 4 is 15.9 Å². The Balaban J connectivity index is 1.57. The lowest BCUT2D eigenvalue weighted by atomic mass is 10.1. The molecule has 1 saturated heterocycles. The zero-order valence-electron chi connectivity index (χ0n) is 12.6. The summed E-state index contributed by atoms with van der Waals surface area (Å²) < 4.78 is 22.8. The number of fused-ring (bicyclic) bond motifs is 1. The van der Waals surface area contributed by atoms with Gasteiger partial charge in [0.1, 0.15) is 0 Å². The number of nitrogens with zero attached hydrogens (tertiary/aromatic N) is 2. The van der Waals surface area contributed by atoms with Crippen LogP contribution in [0.2, 0.25) is 0 Å². The van der Waals surface area contributed by atoms with Gasteiger partial charge in [-0.2, -0.15) is 5.10 Å². The molecule has 8 heteroatoms. The lowest BCUT2D eigenvalue weighted by molar-refractivity contribution is 0.201. The second-order valence-electron chi connectivity index (χ2n) is 5.99. The normalized spacial score (nSPS) is 21.0. The molecule has 0 atom stereocenters. The highest BCUT2D eigenvalue weighted by atomic mass is 32.2. The van der Waals surface area contributed by atoms with Crippen molar-refractivity contribution in [1.82, 2.24) is 20.4 Å². The number of sulfone groups is 1. The molecule has 122 valence electrons. The van der Waals surface area contributed by atoms with E-state index >= 15 is 0 Å². The minimum absolute atomic E-state index is 0.0538. The summed E-state index contributed by atoms with van der Waals surface area (Å²) in [5.74, 6) is 0.108. The van der Waals surface area contributed by atoms with E-state index in [1.807, 2.05) is 0 Å². The van der Waals surface area contributed by atoms with Crippen LogP contribution < -0.4 is 5.32 Å². The maximum absolute atomic E-state index is 12.1. The average Bonchev–Trinajstić information content (AvgIpc) is 2.72. The number of urea groups is 1. The van der Waals surface area contributed by atoms with Gasteiger partial charge in [-0.3, -0.25) is 5.10 Å². The monoisotopic (exact) mass is 326 g/mol. The minimum atomic E-state index is -2.96. The van der Waals surface area contributed by atoms with Gasteiger partial charge in [-0.1, -0.05) is 6.42 Å². The van der Waals surface area contributed by atoms with Gasteiger partial charge in [0, 0.05) is 18.8 Å². The zero-order chi connectivity index (χ0) is 15.6. The van der Waals surface area contributed by atoms with E-state index in [-0.39, 0.29) is 30.6 Å². The number of aryl methyl sites for hydroxylation is 1. The van der Waals surface area contributed by atoms with Gasteiger partial charge < -0.3 is 10.2 Å². The predicted octanol–water partition coefficient (Wildman–Crippen LogP) is 0.619. The smallest absolute Gasteiger partial charge is 0.317 e. The first-order chi connectivity index (χ1) is 10.6. The standard InChI is InChI=1S/C14H22N4O3S/c19-14(18-6-8-22(20,21)9-7-18)15-10-13-11-4-2-1-3-5-12(11)16-17-13/h1-10H2,(H,15,19)(H,16,17). The van der Waals surface area contributed by atoms with Crippen LogP contribution in [0.5, 0.6) is 0 Å². The van der Waals surface area contributed by atoms with Crippen LogP contribution in [-0.4, -0.2) is 54.1 Å². The van der Waals surface area contributed by atoms with Gasteiger partial charge in [0.2, 0.25) is 0 Å². The number of carbonyl (C=O) groups excluding carboxylic acids is 1. The number of hydrogen-bond acceptors (Lipinski definition) is 4. The Hall–Kier alpha value is -1.57. The Labute approximate surface area is 130 Å². The van der Waals surface area contributed by atoms with Gasteiger partial charge in [0.25, 0.3) is 0 Å². The number of rotatable bonds is 2. The molecule has 2 heterocycles. The highest BCUT2D eigenvalue weighted by Crippen LogP contribution is 2.21. The molecule has 2 N–H and O–H groups in total. The number of nitrogens with one attached hydrogen (secondary N) is 2. The Morgan fingerprint density at radius 2 is 1.91 bits per heavy atom. The lowest BCUT2D eigenvalue weighted by Gasteiger charge is -2.26. The molecule has 0 saturated carbocycles. The summed E-state index contributed by atoms with van der Waals surface area (Å²) in [6.07, 6.45) is 5.62. The fourth-order valence-electron chi connectivity index (χ4n) is 3.06. The van der Waals surface area contributed by atoms with Crippen LogP contribution in [0.25, 0.3) is 0 Å². The molecular weight excluding hydrogens is 304 g/mol. The molecule has 1 aliphatic carbocycles. The van der Waals surface area contributed by atoms with E-state index in [0.717, 1.165) is 25.0 Å². The average molecular weight is 326 g/mol. The van der Waals surface area contributed by atoms with Crippen molar-refractivity contribution in [1.29, 1.82) is 0 Å². The van der Waals surface area contributed by atoms with E-state index in [9.17, 15) is 13.2 Å². The number of amides is 2. The minimum Gasteiger partial charge on any atom is -0.332 e. The van der Waals surface area contributed by atoms with E-state index < -0.39 is 9.84 Å². The largest absolute Gasteiger partial charge is 0.332 e. The molecule has 1 aromatic rings. The SMILES string of the molecule is O=C(NCc1n[nH]c2c1CCCCC2)N1CCS(=O)(=O)CC1. The summed E-state index contributed by atoms with van der Waals surface area (Å²) >= 11 is 0. The van der Waals surface area contributed by atoms with Gasteiger partial charge in [0.05, 0.1) is 23.7 Å². The molecule has 2 aliphatic rings. The summed E-state index contributed by atoms with van der Waals surface area (Å²) in [6, 6.07) is -0.208. The first-order valence-corrected chi connectivity index (χ1v) is 9.65. The third kappa shape index (κ3) is 3.43. The number of aromatic amines is 1. The molecule has 0 aromatic carbocycles. The fourth-order valence-corrected chi connectivity index (χ4v) is 4.26. The second kappa shape index (κ2) is 6.28.